The van der Waals surface area contributed by atoms with Crippen molar-refractivity contribution in [1.82, 2.24) is 14.9 Å². The molecule has 1 amide bonds. The number of nitrogens with one attached hydrogen (secondary N) is 2. The lowest BCUT2D eigenvalue weighted by molar-refractivity contribution is -0.120. The second-order valence-electron chi connectivity index (χ2n) is 11.4. The Morgan fingerprint density at radius 2 is 1.76 bits per heavy atom. The number of hydrogen-bond acceptors (Lipinski definition) is 6. The maximum Gasteiger partial charge on any atom is 0.407 e. The van der Waals surface area contributed by atoms with Crippen LogP contribution in [0.2, 0.25) is 5.02 Å². The number of nitrogens with zero attached hydrogens (tertiary/aromatic N) is 1. The number of carbonyl (C=O) groups is 2. The van der Waals surface area contributed by atoms with Gasteiger partial charge in [-0.25, -0.2) is 22.0 Å². The molecule has 45 heavy (non-hydrogen) atoms. The Morgan fingerprint density at radius 1 is 1.07 bits per heavy atom. The summed E-state index contributed by atoms with van der Waals surface area (Å²) in [5.41, 5.74) is 2.20. The molecule has 0 unspecified atom stereocenters. The van der Waals surface area contributed by atoms with Gasteiger partial charge in [0, 0.05) is 42.5 Å². The molecule has 2 N–H and O–H groups in total. The fraction of sp³-hybridized carbons (Fsp3) is 0.394. The summed E-state index contributed by atoms with van der Waals surface area (Å²) in [7, 11) is -2.30. The summed E-state index contributed by atoms with van der Waals surface area (Å²) in [6, 6.07) is 15.5. The maximum atomic E-state index is 15.3. The van der Waals surface area contributed by atoms with E-state index >= 15 is 4.39 Å². The number of benzene rings is 3. The quantitative estimate of drug-likeness (QED) is 0.282. The highest BCUT2D eigenvalue weighted by Crippen LogP contribution is 2.29. The summed E-state index contributed by atoms with van der Waals surface area (Å²) in [5, 5.41) is 6.42. The van der Waals surface area contributed by atoms with E-state index in [0.717, 1.165) is 5.56 Å². The standard InChI is InChI=1S/C33H38ClF2N3O5S/c1-21-19-37-20-27(39(21)45(3,42)43)15-16-28-24(5-4-6-30(28)36)18-31(40)32(38-33(41)44-2)29(23-9-11-25(34)12-10-23)17-22-7-13-26(35)14-8-22/h4-14,21,27,29,32,37H,15-20H2,1-3H3,(H,38,41)/t21-,27-,29-,32-/m0/s1. The van der Waals surface area contributed by atoms with Crippen molar-refractivity contribution in [3.63, 3.8) is 0 Å². The zero-order valence-electron chi connectivity index (χ0n) is 25.4. The Morgan fingerprint density at radius 3 is 2.40 bits per heavy atom. The van der Waals surface area contributed by atoms with Crippen LogP contribution in [-0.4, -0.2) is 69.2 Å². The molecule has 3 aromatic rings. The molecule has 1 heterocycles. The lowest BCUT2D eigenvalue weighted by Crippen LogP contribution is -2.58. The monoisotopic (exact) mass is 661 g/mol. The van der Waals surface area contributed by atoms with Gasteiger partial charge in [0.25, 0.3) is 0 Å². The number of halogens is 3. The van der Waals surface area contributed by atoms with Crippen molar-refractivity contribution in [2.75, 3.05) is 26.5 Å². The molecule has 0 saturated carbocycles. The molecule has 8 nitrogen and oxygen atoms in total. The minimum Gasteiger partial charge on any atom is -0.453 e. The smallest absolute Gasteiger partial charge is 0.407 e. The van der Waals surface area contributed by atoms with Gasteiger partial charge in [-0.3, -0.25) is 4.79 Å². The summed E-state index contributed by atoms with van der Waals surface area (Å²) in [6.07, 6.45) is 0.967. The Balaban J connectivity index is 1.65. The van der Waals surface area contributed by atoms with Gasteiger partial charge in [-0.15, -0.1) is 0 Å². The summed E-state index contributed by atoms with van der Waals surface area (Å²) in [5.74, 6) is -1.89. The molecule has 4 rings (SSSR count). The minimum atomic E-state index is -3.50. The molecule has 0 aromatic heterocycles. The van der Waals surface area contributed by atoms with Crippen LogP contribution in [0, 0.1) is 11.6 Å². The molecule has 0 radical (unpaired) electrons. The molecule has 1 saturated heterocycles. The first-order valence-corrected chi connectivity index (χ1v) is 16.9. The van der Waals surface area contributed by atoms with Crippen molar-refractivity contribution in [1.29, 1.82) is 0 Å². The minimum absolute atomic E-state index is 0.200. The van der Waals surface area contributed by atoms with Crippen LogP contribution in [-0.2, 0) is 38.8 Å². The Hall–Kier alpha value is -3.38. The molecule has 1 fully saturated rings. The van der Waals surface area contributed by atoms with Gasteiger partial charge in [0.1, 0.15) is 11.6 Å². The molecule has 1 aliphatic heterocycles. The highest BCUT2D eigenvalue weighted by molar-refractivity contribution is 7.88. The number of sulfonamides is 1. The molecule has 12 heteroatoms. The number of piperazine rings is 1. The van der Waals surface area contributed by atoms with E-state index < -0.39 is 39.7 Å². The number of hydrogen-bond donors (Lipinski definition) is 2. The topological polar surface area (TPSA) is 105 Å². The largest absolute Gasteiger partial charge is 0.453 e. The van der Waals surface area contributed by atoms with Crippen molar-refractivity contribution in [3.05, 3.63) is 106 Å². The van der Waals surface area contributed by atoms with Gasteiger partial charge in [-0.2, -0.15) is 4.31 Å². The third kappa shape index (κ3) is 9.09. The fourth-order valence-electron chi connectivity index (χ4n) is 6.09. The molecular weight excluding hydrogens is 624 g/mol. The highest BCUT2D eigenvalue weighted by atomic mass is 35.5. The zero-order valence-corrected chi connectivity index (χ0v) is 27.0. The van der Waals surface area contributed by atoms with Gasteiger partial charge in [-0.1, -0.05) is 48.0 Å². The van der Waals surface area contributed by atoms with E-state index in [1.54, 1.807) is 42.5 Å². The van der Waals surface area contributed by atoms with E-state index in [9.17, 15) is 22.4 Å². The molecule has 4 atom stereocenters. The molecule has 3 aromatic carbocycles. The average molecular weight is 662 g/mol. The van der Waals surface area contributed by atoms with Gasteiger partial charge in [0.15, 0.2) is 5.78 Å². The van der Waals surface area contributed by atoms with Crippen LogP contribution in [0.5, 0.6) is 0 Å². The summed E-state index contributed by atoms with van der Waals surface area (Å²) < 4.78 is 60.4. The lowest BCUT2D eigenvalue weighted by Gasteiger charge is -2.39. The second kappa shape index (κ2) is 15.3. The van der Waals surface area contributed by atoms with Crippen molar-refractivity contribution >= 4 is 33.5 Å². The summed E-state index contributed by atoms with van der Waals surface area (Å²) >= 11 is 6.14. The van der Waals surface area contributed by atoms with E-state index in [-0.39, 0.29) is 37.1 Å². The van der Waals surface area contributed by atoms with Crippen LogP contribution in [0.15, 0.2) is 66.7 Å². The predicted molar refractivity (Wildman–Crippen MR) is 170 cm³/mol. The molecule has 1 aliphatic rings. The Labute approximate surface area is 268 Å². The number of methoxy groups -OCH3 is 1. The molecule has 242 valence electrons. The van der Waals surface area contributed by atoms with E-state index in [4.69, 9.17) is 16.3 Å². The van der Waals surface area contributed by atoms with Gasteiger partial charge >= 0.3 is 6.09 Å². The SMILES string of the molecule is COC(=O)N[C@H](C(=O)Cc1cccc(F)c1CC[C@H]1CNC[C@H](C)N1S(C)(=O)=O)[C@@H](Cc1ccc(F)cc1)c1ccc(Cl)cc1. The number of alkyl carbamates (subject to hydrolysis) is 1. The third-order valence-corrected chi connectivity index (χ3v) is 9.86. The first-order chi connectivity index (χ1) is 21.4. The second-order valence-corrected chi connectivity index (χ2v) is 13.7. The summed E-state index contributed by atoms with van der Waals surface area (Å²) in [4.78, 5) is 26.6. The summed E-state index contributed by atoms with van der Waals surface area (Å²) in [6.45, 7) is 2.77. The van der Waals surface area contributed by atoms with E-state index in [1.165, 1.54) is 41.9 Å². The first kappa shape index (κ1) is 34.5. The van der Waals surface area contributed by atoms with Crippen molar-refractivity contribution in [3.8, 4) is 0 Å². The Bertz CT molecular complexity index is 1590. The van der Waals surface area contributed by atoms with Crippen LogP contribution in [0.3, 0.4) is 0 Å². The Kier molecular flexibility index (Phi) is 11.7. The average Bonchev–Trinajstić information content (AvgIpc) is 2.99. The third-order valence-electron chi connectivity index (χ3n) is 8.18. The first-order valence-electron chi connectivity index (χ1n) is 14.7. The van der Waals surface area contributed by atoms with E-state index in [2.05, 4.69) is 10.6 Å². The number of Topliss-reactive ketones (excluding diaryl/α,β-unsaturated/α-hetero) is 1. The fourth-order valence-corrected chi connectivity index (χ4v) is 7.66. The molecule has 0 bridgehead atoms. The van der Waals surface area contributed by atoms with Crippen molar-refractivity contribution in [2.45, 2.75) is 56.7 Å². The van der Waals surface area contributed by atoms with E-state index in [1.807, 2.05) is 6.92 Å². The van der Waals surface area contributed by atoms with Crippen LogP contribution in [0.4, 0.5) is 13.6 Å². The maximum absolute atomic E-state index is 15.3. The van der Waals surface area contributed by atoms with Crippen LogP contribution < -0.4 is 10.6 Å². The predicted octanol–water partition coefficient (Wildman–Crippen LogP) is 5.04. The van der Waals surface area contributed by atoms with Gasteiger partial charge in [-0.05, 0) is 78.8 Å². The van der Waals surface area contributed by atoms with Gasteiger partial charge < -0.3 is 15.4 Å². The van der Waals surface area contributed by atoms with Gasteiger partial charge in [0.2, 0.25) is 10.0 Å². The zero-order chi connectivity index (χ0) is 32.7. The lowest BCUT2D eigenvalue weighted by atomic mass is 9.82. The number of ketones is 1. The normalized spacial score (nSPS) is 18.6. The number of ether oxygens (including phenoxy) is 1. The van der Waals surface area contributed by atoms with E-state index in [0.29, 0.717) is 41.2 Å². The van der Waals surface area contributed by atoms with Crippen LogP contribution in [0.25, 0.3) is 0 Å². The molecule has 0 spiro atoms. The van der Waals surface area contributed by atoms with Gasteiger partial charge in [0.05, 0.1) is 19.4 Å². The van der Waals surface area contributed by atoms with Crippen molar-refractivity contribution < 1.29 is 31.5 Å². The number of carbonyl (C=O) groups excluding carboxylic acids is 2. The van der Waals surface area contributed by atoms with Crippen LogP contribution >= 0.6 is 11.6 Å². The number of rotatable bonds is 12. The highest BCUT2D eigenvalue weighted by Gasteiger charge is 2.35. The molecular formula is C33H38ClF2N3O5S. The molecule has 0 aliphatic carbocycles. The number of amides is 1. The van der Waals surface area contributed by atoms with Crippen LogP contribution in [0.1, 0.15) is 41.5 Å². The van der Waals surface area contributed by atoms with Crippen molar-refractivity contribution in [2.24, 2.45) is 0 Å².